The summed E-state index contributed by atoms with van der Waals surface area (Å²) in [4.78, 5) is 8.69. The van der Waals surface area contributed by atoms with Crippen molar-refractivity contribution in [2.24, 2.45) is 7.05 Å². The van der Waals surface area contributed by atoms with E-state index in [9.17, 15) is 0 Å². The predicted octanol–water partition coefficient (Wildman–Crippen LogP) is 2.43. The fourth-order valence-corrected chi connectivity index (χ4v) is 2.51. The quantitative estimate of drug-likeness (QED) is 0.854. The van der Waals surface area contributed by atoms with Crippen molar-refractivity contribution in [2.75, 3.05) is 17.7 Å². The Morgan fingerprint density at radius 3 is 2.43 bits per heavy atom. The molecular formula is C15H24N6. The van der Waals surface area contributed by atoms with Gasteiger partial charge in [-0.25, -0.2) is 9.97 Å². The molecule has 0 amide bonds. The van der Waals surface area contributed by atoms with Gasteiger partial charge in [-0.15, -0.1) is 0 Å². The Balaban J connectivity index is 2.23. The molecule has 0 radical (unpaired) electrons. The van der Waals surface area contributed by atoms with Gasteiger partial charge in [-0.2, -0.15) is 5.10 Å². The minimum atomic E-state index is 0.725. The van der Waals surface area contributed by atoms with E-state index in [1.165, 1.54) is 11.3 Å². The molecule has 6 heteroatoms. The van der Waals surface area contributed by atoms with Gasteiger partial charge in [0.1, 0.15) is 18.0 Å². The predicted molar refractivity (Wildman–Crippen MR) is 85.6 cm³/mol. The van der Waals surface area contributed by atoms with Gasteiger partial charge >= 0.3 is 0 Å². The van der Waals surface area contributed by atoms with Crippen molar-refractivity contribution in [3.8, 4) is 0 Å². The number of hydrogen-bond acceptors (Lipinski definition) is 5. The van der Waals surface area contributed by atoms with Crippen LogP contribution in [0.2, 0.25) is 0 Å². The highest BCUT2D eigenvalue weighted by molar-refractivity contribution is 5.57. The maximum absolute atomic E-state index is 4.45. The Morgan fingerprint density at radius 1 is 1.14 bits per heavy atom. The first kappa shape index (κ1) is 15.3. The number of nitrogens with zero attached hydrogens (tertiary/aromatic N) is 4. The molecule has 0 aliphatic heterocycles. The zero-order valence-corrected chi connectivity index (χ0v) is 13.5. The third-order valence-corrected chi connectivity index (χ3v) is 3.77. The van der Waals surface area contributed by atoms with Crippen molar-refractivity contribution in [1.29, 1.82) is 0 Å². The van der Waals surface area contributed by atoms with Crippen LogP contribution in [0.15, 0.2) is 6.33 Å². The molecule has 2 rings (SSSR count). The molecule has 0 saturated heterocycles. The minimum absolute atomic E-state index is 0.725. The highest BCUT2D eigenvalue weighted by atomic mass is 15.3. The number of aromatic nitrogens is 4. The number of aryl methyl sites for hydroxylation is 2. The van der Waals surface area contributed by atoms with E-state index in [1.54, 1.807) is 6.33 Å². The summed E-state index contributed by atoms with van der Waals surface area (Å²) in [5.74, 6) is 1.80. The largest absolute Gasteiger partial charge is 0.373 e. The summed E-state index contributed by atoms with van der Waals surface area (Å²) < 4.78 is 1.91. The van der Waals surface area contributed by atoms with Gasteiger partial charge in [0.05, 0.1) is 5.69 Å². The van der Waals surface area contributed by atoms with Crippen LogP contribution in [0.25, 0.3) is 0 Å². The molecule has 0 unspecified atom stereocenters. The lowest BCUT2D eigenvalue weighted by atomic mass is 10.1. The second kappa shape index (κ2) is 6.56. The van der Waals surface area contributed by atoms with Crippen LogP contribution in [-0.2, 0) is 20.0 Å². The van der Waals surface area contributed by atoms with E-state index in [2.05, 4.69) is 39.5 Å². The third-order valence-electron chi connectivity index (χ3n) is 3.77. The molecule has 0 atom stereocenters. The zero-order valence-electron chi connectivity index (χ0n) is 13.5. The van der Waals surface area contributed by atoms with Crippen molar-refractivity contribution in [3.05, 3.63) is 28.8 Å². The molecule has 0 aliphatic carbocycles. The normalized spacial score (nSPS) is 10.7. The SMILES string of the molecule is CCCc1c(NC)ncnc1NCc1c(C)nn(C)c1C. The van der Waals surface area contributed by atoms with Gasteiger partial charge in [-0.05, 0) is 20.3 Å². The number of nitrogens with one attached hydrogen (secondary N) is 2. The van der Waals surface area contributed by atoms with Crippen LogP contribution in [0.3, 0.4) is 0 Å². The van der Waals surface area contributed by atoms with Crippen LogP contribution in [0.1, 0.15) is 35.9 Å². The van der Waals surface area contributed by atoms with E-state index in [-0.39, 0.29) is 0 Å². The van der Waals surface area contributed by atoms with E-state index >= 15 is 0 Å². The van der Waals surface area contributed by atoms with Crippen LogP contribution in [0.5, 0.6) is 0 Å². The molecule has 0 aromatic carbocycles. The molecule has 114 valence electrons. The van der Waals surface area contributed by atoms with Gasteiger partial charge in [0, 0.05) is 37.5 Å². The smallest absolute Gasteiger partial charge is 0.134 e. The minimum Gasteiger partial charge on any atom is -0.373 e. The van der Waals surface area contributed by atoms with Crippen LogP contribution in [0.4, 0.5) is 11.6 Å². The maximum Gasteiger partial charge on any atom is 0.134 e. The molecule has 0 aliphatic rings. The fourth-order valence-electron chi connectivity index (χ4n) is 2.51. The summed E-state index contributed by atoms with van der Waals surface area (Å²) in [5.41, 5.74) is 4.61. The van der Waals surface area contributed by atoms with Crippen LogP contribution < -0.4 is 10.6 Å². The Kier molecular flexibility index (Phi) is 4.77. The maximum atomic E-state index is 4.45. The van der Waals surface area contributed by atoms with Gasteiger partial charge in [0.15, 0.2) is 0 Å². The first-order chi connectivity index (χ1) is 10.1. The molecule has 2 N–H and O–H groups in total. The lowest BCUT2D eigenvalue weighted by molar-refractivity contribution is 0.730. The van der Waals surface area contributed by atoms with Crippen molar-refractivity contribution in [2.45, 2.75) is 40.2 Å². The Labute approximate surface area is 126 Å². The number of anilines is 2. The fraction of sp³-hybridized carbons (Fsp3) is 0.533. The van der Waals surface area contributed by atoms with Crippen LogP contribution >= 0.6 is 0 Å². The summed E-state index contributed by atoms with van der Waals surface area (Å²) in [6.07, 6.45) is 3.60. The zero-order chi connectivity index (χ0) is 15.4. The summed E-state index contributed by atoms with van der Waals surface area (Å²) in [5, 5.41) is 11.0. The summed E-state index contributed by atoms with van der Waals surface area (Å²) in [7, 11) is 3.86. The molecule has 21 heavy (non-hydrogen) atoms. The first-order valence-electron chi connectivity index (χ1n) is 7.33. The van der Waals surface area contributed by atoms with Crippen molar-refractivity contribution in [3.63, 3.8) is 0 Å². The second-order valence-corrected chi connectivity index (χ2v) is 5.18. The average molecular weight is 288 g/mol. The van der Waals surface area contributed by atoms with E-state index in [4.69, 9.17) is 0 Å². The number of rotatable bonds is 6. The van der Waals surface area contributed by atoms with Gasteiger partial charge < -0.3 is 10.6 Å². The van der Waals surface area contributed by atoms with E-state index < -0.39 is 0 Å². The molecule has 2 aromatic rings. The molecule has 0 spiro atoms. The van der Waals surface area contributed by atoms with E-state index in [1.807, 2.05) is 25.7 Å². The lowest BCUT2D eigenvalue weighted by Crippen LogP contribution is -2.09. The van der Waals surface area contributed by atoms with Crippen LogP contribution in [0, 0.1) is 13.8 Å². The molecular weight excluding hydrogens is 264 g/mol. The molecule has 0 bridgehead atoms. The standard InChI is InChI=1S/C15H24N6/c1-6-7-12-14(16-4)18-9-19-15(12)17-8-13-10(2)20-21(5)11(13)3/h9H,6-8H2,1-5H3,(H2,16,17,18,19). The average Bonchev–Trinajstić information content (AvgIpc) is 2.71. The topological polar surface area (TPSA) is 67.7 Å². The third kappa shape index (κ3) is 3.15. The Bertz CT molecular complexity index is 617. The Morgan fingerprint density at radius 2 is 1.86 bits per heavy atom. The van der Waals surface area contributed by atoms with Crippen LogP contribution in [-0.4, -0.2) is 26.8 Å². The van der Waals surface area contributed by atoms with Gasteiger partial charge in [0.25, 0.3) is 0 Å². The van der Waals surface area contributed by atoms with Gasteiger partial charge in [-0.3, -0.25) is 4.68 Å². The van der Waals surface area contributed by atoms with Crippen molar-refractivity contribution >= 4 is 11.6 Å². The molecule has 0 saturated carbocycles. The highest BCUT2D eigenvalue weighted by Crippen LogP contribution is 2.22. The Hall–Kier alpha value is -2.11. The van der Waals surface area contributed by atoms with E-state index in [0.717, 1.165) is 42.3 Å². The highest BCUT2D eigenvalue weighted by Gasteiger charge is 2.12. The molecule has 2 heterocycles. The summed E-state index contributed by atoms with van der Waals surface area (Å²) in [6.45, 7) is 7.01. The summed E-state index contributed by atoms with van der Waals surface area (Å²) >= 11 is 0. The van der Waals surface area contributed by atoms with Gasteiger partial charge in [-0.1, -0.05) is 13.3 Å². The molecule has 0 fully saturated rings. The van der Waals surface area contributed by atoms with Crippen molar-refractivity contribution < 1.29 is 0 Å². The van der Waals surface area contributed by atoms with Crippen molar-refractivity contribution in [1.82, 2.24) is 19.7 Å². The van der Waals surface area contributed by atoms with Gasteiger partial charge in [0.2, 0.25) is 0 Å². The molecule has 6 nitrogen and oxygen atoms in total. The lowest BCUT2D eigenvalue weighted by Gasteiger charge is -2.13. The monoisotopic (exact) mass is 288 g/mol. The number of hydrogen-bond donors (Lipinski definition) is 2. The second-order valence-electron chi connectivity index (χ2n) is 5.18. The first-order valence-corrected chi connectivity index (χ1v) is 7.33. The summed E-state index contributed by atoms with van der Waals surface area (Å²) in [6, 6.07) is 0. The molecule has 2 aromatic heterocycles. The van der Waals surface area contributed by atoms with E-state index in [0.29, 0.717) is 0 Å².